The molecule has 0 saturated heterocycles. The molecule has 0 aliphatic carbocycles. The first-order valence-corrected chi connectivity index (χ1v) is 8.26. The lowest BCUT2D eigenvalue weighted by molar-refractivity contribution is 0.0950. The van der Waals surface area contributed by atoms with Gasteiger partial charge in [-0.25, -0.2) is 0 Å². The van der Waals surface area contributed by atoms with Crippen LogP contribution in [0.5, 0.6) is 11.5 Å². The summed E-state index contributed by atoms with van der Waals surface area (Å²) in [6, 6.07) is 14.4. The summed E-state index contributed by atoms with van der Waals surface area (Å²) in [7, 11) is 1.55. The minimum absolute atomic E-state index is 0.208. The minimum Gasteiger partial charge on any atom is -0.493 e. The van der Waals surface area contributed by atoms with E-state index in [1.54, 1.807) is 43.5 Å². The van der Waals surface area contributed by atoms with Crippen LogP contribution in [-0.4, -0.2) is 19.6 Å². The second kappa shape index (κ2) is 9.33. The zero-order valence-electron chi connectivity index (χ0n) is 14.5. The molecule has 0 saturated carbocycles. The van der Waals surface area contributed by atoms with Crippen molar-refractivity contribution in [1.29, 1.82) is 5.26 Å². The quantitative estimate of drug-likeness (QED) is 0.745. The highest BCUT2D eigenvalue weighted by atomic mass is 16.5. The molecule has 0 bridgehead atoms. The molecule has 5 nitrogen and oxygen atoms in total. The zero-order valence-corrected chi connectivity index (χ0v) is 14.5. The Hall–Kier alpha value is -3.00. The van der Waals surface area contributed by atoms with E-state index in [4.69, 9.17) is 14.7 Å². The molecule has 0 fully saturated rings. The van der Waals surface area contributed by atoms with Gasteiger partial charge in [-0.2, -0.15) is 5.26 Å². The van der Waals surface area contributed by atoms with Gasteiger partial charge in [0.05, 0.1) is 25.3 Å². The molecular weight excluding hydrogens is 316 g/mol. The predicted octanol–water partition coefficient (Wildman–Crippen LogP) is 3.68. The van der Waals surface area contributed by atoms with Crippen LogP contribution < -0.4 is 14.8 Å². The summed E-state index contributed by atoms with van der Waals surface area (Å²) < 4.78 is 11.0. The van der Waals surface area contributed by atoms with Crippen LogP contribution >= 0.6 is 0 Å². The van der Waals surface area contributed by atoms with Gasteiger partial charge in [0.25, 0.3) is 5.91 Å². The van der Waals surface area contributed by atoms with Crippen molar-refractivity contribution in [2.24, 2.45) is 0 Å². The number of nitriles is 1. The van der Waals surface area contributed by atoms with Gasteiger partial charge >= 0.3 is 0 Å². The highest BCUT2D eigenvalue weighted by molar-refractivity contribution is 5.94. The number of nitrogens with one attached hydrogen (secondary N) is 1. The Balaban J connectivity index is 2.02. The van der Waals surface area contributed by atoms with Crippen molar-refractivity contribution in [2.75, 3.05) is 13.7 Å². The monoisotopic (exact) mass is 338 g/mol. The number of methoxy groups -OCH3 is 1. The Morgan fingerprint density at radius 3 is 2.76 bits per heavy atom. The molecule has 1 amide bonds. The molecule has 0 radical (unpaired) electrons. The minimum atomic E-state index is -0.208. The van der Waals surface area contributed by atoms with Crippen LogP contribution in [0.4, 0.5) is 0 Å². The number of amides is 1. The Morgan fingerprint density at radius 2 is 2.04 bits per heavy atom. The third-order valence-electron chi connectivity index (χ3n) is 3.69. The molecule has 0 unspecified atom stereocenters. The lowest BCUT2D eigenvalue weighted by Gasteiger charge is -2.12. The average molecular weight is 338 g/mol. The maximum absolute atomic E-state index is 12.3. The average Bonchev–Trinajstić information content (AvgIpc) is 2.66. The summed E-state index contributed by atoms with van der Waals surface area (Å²) in [5.74, 6) is 0.963. The number of carbonyl (C=O) groups is 1. The molecule has 0 heterocycles. The van der Waals surface area contributed by atoms with Crippen LogP contribution in [0.15, 0.2) is 42.5 Å². The Labute approximate surface area is 148 Å². The van der Waals surface area contributed by atoms with Crippen LogP contribution in [0.2, 0.25) is 0 Å². The fourth-order valence-electron chi connectivity index (χ4n) is 2.29. The molecule has 0 aromatic heterocycles. The predicted molar refractivity (Wildman–Crippen MR) is 95.7 cm³/mol. The molecule has 5 heteroatoms. The van der Waals surface area contributed by atoms with E-state index in [-0.39, 0.29) is 5.91 Å². The fourth-order valence-corrected chi connectivity index (χ4v) is 2.29. The van der Waals surface area contributed by atoms with Crippen molar-refractivity contribution >= 4 is 5.91 Å². The molecule has 2 rings (SSSR count). The summed E-state index contributed by atoms with van der Waals surface area (Å²) in [6.45, 7) is 3.07. The lowest BCUT2D eigenvalue weighted by atomic mass is 10.1. The van der Waals surface area contributed by atoms with Gasteiger partial charge in [-0.05, 0) is 42.3 Å². The summed E-state index contributed by atoms with van der Waals surface area (Å²) >= 11 is 0. The van der Waals surface area contributed by atoms with E-state index in [1.165, 1.54) is 0 Å². The number of hydrogen-bond acceptors (Lipinski definition) is 4. The van der Waals surface area contributed by atoms with Crippen molar-refractivity contribution in [2.45, 2.75) is 26.3 Å². The smallest absolute Gasteiger partial charge is 0.251 e. The molecular formula is C20H22N2O3. The standard InChI is InChI=1S/C20H22N2O3/c1-3-4-10-25-18-9-8-17(12-19(18)24-2)20(23)22-14-16-7-5-6-15(11-16)13-21/h5-9,11-12H,3-4,10,14H2,1-2H3,(H,22,23). The largest absolute Gasteiger partial charge is 0.493 e. The van der Waals surface area contributed by atoms with Crippen molar-refractivity contribution in [3.05, 3.63) is 59.2 Å². The van der Waals surface area contributed by atoms with E-state index < -0.39 is 0 Å². The number of rotatable bonds is 8. The van der Waals surface area contributed by atoms with Gasteiger partial charge in [0, 0.05) is 12.1 Å². The molecule has 1 N–H and O–H groups in total. The lowest BCUT2D eigenvalue weighted by Crippen LogP contribution is -2.22. The van der Waals surface area contributed by atoms with Crippen LogP contribution in [0, 0.1) is 11.3 Å². The van der Waals surface area contributed by atoms with E-state index in [0.29, 0.717) is 35.8 Å². The van der Waals surface area contributed by atoms with Crippen molar-refractivity contribution < 1.29 is 14.3 Å². The van der Waals surface area contributed by atoms with Crippen molar-refractivity contribution in [3.8, 4) is 17.6 Å². The van der Waals surface area contributed by atoms with E-state index >= 15 is 0 Å². The number of carbonyl (C=O) groups excluding carboxylic acids is 1. The molecule has 0 aliphatic heterocycles. The van der Waals surface area contributed by atoms with Gasteiger partial charge in [-0.1, -0.05) is 25.5 Å². The van der Waals surface area contributed by atoms with E-state index in [2.05, 4.69) is 18.3 Å². The summed E-state index contributed by atoms with van der Waals surface area (Å²) in [5, 5.41) is 11.8. The number of unbranched alkanes of at least 4 members (excludes halogenated alkanes) is 1. The molecule has 0 aliphatic rings. The summed E-state index contributed by atoms with van der Waals surface area (Å²) in [5.41, 5.74) is 1.94. The highest BCUT2D eigenvalue weighted by Gasteiger charge is 2.11. The summed E-state index contributed by atoms with van der Waals surface area (Å²) in [4.78, 5) is 12.3. The van der Waals surface area contributed by atoms with Crippen LogP contribution in [-0.2, 0) is 6.54 Å². The molecule has 130 valence electrons. The second-order valence-corrected chi connectivity index (χ2v) is 5.56. The van der Waals surface area contributed by atoms with Crippen molar-refractivity contribution in [1.82, 2.24) is 5.32 Å². The summed E-state index contributed by atoms with van der Waals surface area (Å²) in [6.07, 6.45) is 2.02. The molecule has 0 atom stereocenters. The van der Waals surface area contributed by atoms with E-state index in [9.17, 15) is 4.79 Å². The van der Waals surface area contributed by atoms with E-state index in [0.717, 1.165) is 18.4 Å². The topological polar surface area (TPSA) is 71.3 Å². The maximum atomic E-state index is 12.3. The number of nitrogens with zero attached hydrogens (tertiary/aromatic N) is 1. The molecule has 25 heavy (non-hydrogen) atoms. The van der Waals surface area contributed by atoms with Gasteiger partial charge < -0.3 is 14.8 Å². The molecule has 2 aromatic rings. The normalized spacial score (nSPS) is 9.96. The molecule has 0 spiro atoms. The first-order valence-electron chi connectivity index (χ1n) is 8.26. The van der Waals surface area contributed by atoms with Gasteiger partial charge in [-0.15, -0.1) is 0 Å². The SMILES string of the molecule is CCCCOc1ccc(C(=O)NCc2cccc(C#N)c2)cc1OC. The first-order chi connectivity index (χ1) is 12.2. The maximum Gasteiger partial charge on any atom is 0.251 e. The number of ether oxygens (including phenoxy) is 2. The van der Waals surface area contributed by atoms with Gasteiger partial charge in [0.2, 0.25) is 0 Å². The van der Waals surface area contributed by atoms with Crippen LogP contribution in [0.1, 0.15) is 41.3 Å². The van der Waals surface area contributed by atoms with Crippen LogP contribution in [0.3, 0.4) is 0 Å². The van der Waals surface area contributed by atoms with Crippen LogP contribution in [0.25, 0.3) is 0 Å². The second-order valence-electron chi connectivity index (χ2n) is 5.56. The Kier molecular flexibility index (Phi) is 6.85. The number of benzene rings is 2. The number of hydrogen-bond donors (Lipinski definition) is 1. The van der Waals surface area contributed by atoms with Crippen molar-refractivity contribution in [3.63, 3.8) is 0 Å². The third-order valence-corrected chi connectivity index (χ3v) is 3.69. The zero-order chi connectivity index (χ0) is 18.1. The molecule has 2 aromatic carbocycles. The highest BCUT2D eigenvalue weighted by Crippen LogP contribution is 2.28. The van der Waals surface area contributed by atoms with Gasteiger partial charge in [0.1, 0.15) is 0 Å². The fraction of sp³-hybridized carbons (Fsp3) is 0.300. The Morgan fingerprint density at radius 1 is 1.20 bits per heavy atom. The first kappa shape index (κ1) is 18.3. The van der Waals surface area contributed by atoms with Gasteiger partial charge in [0.15, 0.2) is 11.5 Å². The van der Waals surface area contributed by atoms with Gasteiger partial charge in [-0.3, -0.25) is 4.79 Å². The Bertz CT molecular complexity index is 766. The van der Waals surface area contributed by atoms with E-state index in [1.807, 2.05) is 6.07 Å². The third kappa shape index (κ3) is 5.25.